The summed E-state index contributed by atoms with van der Waals surface area (Å²) in [6.07, 6.45) is -1.92. The van der Waals surface area contributed by atoms with Crippen LogP contribution in [0.2, 0.25) is 10.0 Å². The Morgan fingerprint density at radius 1 is 1.07 bits per heavy atom. The van der Waals surface area contributed by atoms with Gasteiger partial charge in [-0.05, 0) is 56.0 Å². The van der Waals surface area contributed by atoms with Crippen molar-refractivity contribution in [2.75, 3.05) is 11.9 Å². The van der Waals surface area contributed by atoms with Crippen molar-refractivity contribution in [2.24, 2.45) is 0 Å². The number of benzene rings is 2. The zero-order valence-electron chi connectivity index (χ0n) is 15.6. The third-order valence-electron chi connectivity index (χ3n) is 5.14. The Bertz CT molecular complexity index is 1070. The first-order valence-electron chi connectivity index (χ1n) is 9.25. The normalized spacial score (nSPS) is 14.3. The third-order valence-corrected chi connectivity index (χ3v) is 5.88. The summed E-state index contributed by atoms with van der Waals surface area (Å²) in [4.78, 5) is 0. The van der Waals surface area contributed by atoms with Gasteiger partial charge in [-0.25, -0.2) is 4.68 Å². The summed E-state index contributed by atoms with van der Waals surface area (Å²) in [5.74, 6) is 0.798. The molecule has 29 heavy (non-hydrogen) atoms. The number of alkyl halides is 3. The van der Waals surface area contributed by atoms with Gasteiger partial charge in [-0.2, -0.15) is 18.3 Å². The molecule has 0 radical (unpaired) electrons. The van der Waals surface area contributed by atoms with Gasteiger partial charge in [-0.1, -0.05) is 35.3 Å². The second-order valence-corrected chi connectivity index (χ2v) is 7.86. The number of aromatic nitrogens is 2. The van der Waals surface area contributed by atoms with E-state index in [9.17, 15) is 13.2 Å². The maximum Gasteiger partial charge on any atom is 0.417 e. The van der Waals surface area contributed by atoms with E-state index in [2.05, 4.69) is 5.32 Å². The van der Waals surface area contributed by atoms with Crippen molar-refractivity contribution in [3.05, 3.63) is 63.1 Å². The van der Waals surface area contributed by atoms with Crippen LogP contribution in [0.4, 0.5) is 19.0 Å². The average Bonchev–Trinajstić information content (AvgIpc) is 2.85. The molecule has 1 aliphatic rings. The van der Waals surface area contributed by atoms with Gasteiger partial charge in [0.1, 0.15) is 5.82 Å². The van der Waals surface area contributed by atoms with Gasteiger partial charge >= 0.3 is 6.18 Å². The molecule has 1 aliphatic heterocycles. The molecule has 0 saturated heterocycles. The van der Waals surface area contributed by atoms with Crippen molar-refractivity contribution in [1.29, 1.82) is 0 Å². The van der Waals surface area contributed by atoms with E-state index in [4.69, 9.17) is 28.3 Å². The predicted octanol–water partition coefficient (Wildman–Crippen LogP) is 6.92. The second-order valence-electron chi connectivity index (χ2n) is 7.05. The van der Waals surface area contributed by atoms with E-state index in [1.165, 1.54) is 6.07 Å². The molecule has 0 fully saturated rings. The third kappa shape index (κ3) is 3.71. The summed E-state index contributed by atoms with van der Waals surface area (Å²) in [6.45, 7) is 2.67. The Hall–Kier alpha value is -2.18. The SMILES string of the molecule is Cc1c(Cl)cccc1-n1nc(-c2ccc(Cl)c(C(F)(F)F)c2)c2c1NCCCC2. The van der Waals surface area contributed by atoms with Gasteiger partial charge in [0.15, 0.2) is 0 Å². The van der Waals surface area contributed by atoms with Crippen LogP contribution in [0.1, 0.15) is 29.5 Å². The van der Waals surface area contributed by atoms with Crippen LogP contribution in [-0.4, -0.2) is 16.3 Å². The van der Waals surface area contributed by atoms with Crippen molar-refractivity contribution >= 4 is 29.0 Å². The molecule has 8 heteroatoms. The van der Waals surface area contributed by atoms with E-state index < -0.39 is 11.7 Å². The fraction of sp³-hybridized carbons (Fsp3) is 0.286. The molecule has 4 rings (SSSR count). The summed E-state index contributed by atoms with van der Waals surface area (Å²) >= 11 is 12.1. The van der Waals surface area contributed by atoms with Crippen LogP contribution in [0.25, 0.3) is 16.9 Å². The van der Waals surface area contributed by atoms with E-state index >= 15 is 0 Å². The van der Waals surface area contributed by atoms with E-state index in [1.54, 1.807) is 16.8 Å². The van der Waals surface area contributed by atoms with Gasteiger partial charge in [0.2, 0.25) is 0 Å². The monoisotopic (exact) mass is 439 g/mol. The van der Waals surface area contributed by atoms with Gasteiger partial charge in [-0.3, -0.25) is 0 Å². The molecular formula is C21H18Cl2F3N3. The molecule has 1 N–H and O–H groups in total. The van der Waals surface area contributed by atoms with Gasteiger partial charge < -0.3 is 5.32 Å². The molecule has 0 unspecified atom stereocenters. The minimum absolute atomic E-state index is 0.324. The van der Waals surface area contributed by atoms with Crippen molar-refractivity contribution in [1.82, 2.24) is 9.78 Å². The summed E-state index contributed by atoms with van der Waals surface area (Å²) in [7, 11) is 0. The Morgan fingerprint density at radius 2 is 1.86 bits per heavy atom. The minimum atomic E-state index is -4.53. The minimum Gasteiger partial charge on any atom is -0.370 e. The van der Waals surface area contributed by atoms with Gasteiger partial charge in [0, 0.05) is 22.7 Å². The summed E-state index contributed by atoms with van der Waals surface area (Å²) in [6, 6.07) is 9.46. The molecule has 0 atom stereocenters. The van der Waals surface area contributed by atoms with Gasteiger partial charge in [0.25, 0.3) is 0 Å². The molecular weight excluding hydrogens is 422 g/mol. The molecule has 152 valence electrons. The van der Waals surface area contributed by atoms with Crippen LogP contribution in [0, 0.1) is 6.92 Å². The number of fused-ring (bicyclic) bond motifs is 1. The molecule has 2 aromatic carbocycles. The maximum atomic E-state index is 13.4. The summed E-state index contributed by atoms with van der Waals surface area (Å²) < 4.78 is 41.9. The highest BCUT2D eigenvalue weighted by Crippen LogP contribution is 2.40. The number of anilines is 1. The fourth-order valence-electron chi connectivity index (χ4n) is 3.62. The van der Waals surface area contributed by atoms with Gasteiger partial charge in [0.05, 0.1) is 22.0 Å². The van der Waals surface area contributed by atoms with E-state index in [-0.39, 0.29) is 5.02 Å². The molecule has 3 nitrogen and oxygen atoms in total. The Balaban J connectivity index is 1.94. The molecule has 3 aromatic rings. The second kappa shape index (κ2) is 7.58. The number of hydrogen-bond donors (Lipinski definition) is 1. The Kier molecular flexibility index (Phi) is 5.25. The van der Waals surface area contributed by atoms with Gasteiger partial charge in [-0.15, -0.1) is 0 Å². The molecule has 0 saturated carbocycles. The van der Waals surface area contributed by atoms with Crippen molar-refractivity contribution in [3.63, 3.8) is 0 Å². The highest BCUT2D eigenvalue weighted by molar-refractivity contribution is 6.31. The van der Waals surface area contributed by atoms with Crippen LogP contribution < -0.4 is 5.32 Å². The smallest absolute Gasteiger partial charge is 0.370 e. The lowest BCUT2D eigenvalue weighted by atomic mass is 10.0. The van der Waals surface area contributed by atoms with E-state index in [1.807, 2.05) is 19.1 Å². The van der Waals surface area contributed by atoms with Crippen LogP contribution in [0.15, 0.2) is 36.4 Å². The summed E-state index contributed by atoms with van der Waals surface area (Å²) in [5, 5.41) is 8.39. The lowest BCUT2D eigenvalue weighted by molar-refractivity contribution is -0.137. The van der Waals surface area contributed by atoms with Crippen molar-refractivity contribution in [3.8, 4) is 16.9 Å². The number of hydrogen-bond acceptors (Lipinski definition) is 2. The van der Waals surface area contributed by atoms with E-state index in [0.29, 0.717) is 16.3 Å². The highest BCUT2D eigenvalue weighted by Gasteiger charge is 2.34. The van der Waals surface area contributed by atoms with Crippen LogP contribution in [0.5, 0.6) is 0 Å². The Morgan fingerprint density at radius 3 is 2.62 bits per heavy atom. The number of nitrogens with zero attached hydrogens (tertiary/aromatic N) is 2. The first-order valence-corrected chi connectivity index (χ1v) is 10.0. The highest BCUT2D eigenvalue weighted by atomic mass is 35.5. The first-order chi connectivity index (χ1) is 13.8. The average molecular weight is 440 g/mol. The Labute approximate surface area is 176 Å². The largest absolute Gasteiger partial charge is 0.417 e. The predicted molar refractivity (Wildman–Crippen MR) is 110 cm³/mol. The molecule has 0 aliphatic carbocycles. The molecule has 0 bridgehead atoms. The maximum absolute atomic E-state index is 13.4. The quantitative estimate of drug-likeness (QED) is 0.469. The number of halogens is 5. The molecule has 0 amide bonds. The number of nitrogens with one attached hydrogen (secondary N) is 1. The fourth-order valence-corrected chi connectivity index (χ4v) is 4.02. The summed E-state index contributed by atoms with van der Waals surface area (Å²) in [5.41, 5.74) is 2.59. The zero-order valence-corrected chi connectivity index (χ0v) is 17.1. The number of rotatable bonds is 2. The van der Waals surface area contributed by atoms with Crippen molar-refractivity contribution in [2.45, 2.75) is 32.4 Å². The molecule has 1 aromatic heterocycles. The molecule has 2 heterocycles. The van der Waals surface area contributed by atoms with Crippen LogP contribution in [0.3, 0.4) is 0 Å². The van der Waals surface area contributed by atoms with Crippen molar-refractivity contribution < 1.29 is 13.2 Å². The first kappa shape index (κ1) is 20.1. The van der Waals surface area contributed by atoms with Crippen LogP contribution >= 0.6 is 23.2 Å². The standard InChI is InChI=1S/C21H18Cl2F3N3/c1-12-16(22)6-4-7-18(12)29-20-14(5-2-3-10-27-20)19(28-29)13-8-9-17(23)15(11-13)21(24,25)26/h4,6-9,11,27H,2-3,5,10H2,1H3. The van der Waals surface area contributed by atoms with Crippen LogP contribution in [-0.2, 0) is 12.6 Å². The molecule has 0 spiro atoms. The lowest BCUT2D eigenvalue weighted by Crippen LogP contribution is -2.08. The zero-order chi connectivity index (χ0) is 20.8. The topological polar surface area (TPSA) is 29.9 Å². The lowest BCUT2D eigenvalue weighted by Gasteiger charge is -2.12. The van der Waals surface area contributed by atoms with E-state index in [0.717, 1.165) is 54.5 Å².